The number of rotatable bonds is 7. The van der Waals surface area contributed by atoms with Crippen molar-refractivity contribution in [3.63, 3.8) is 0 Å². The minimum atomic E-state index is -0.627. The Kier molecular flexibility index (Phi) is 6.13. The van der Waals surface area contributed by atoms with Gasteiger partial charge in [0.15, 0.2) is 0 Å². The van der Waals surface area contributed by atoms with Crippen LogP contribution in [0.25, 0.3) is 5.69 Å². The van der Waals surface area contributed by atoms with Gasteiger partial charge in [-0.2, -0.15) is 4.68 Å². The van der Waals surface area contributed by atoms with Crippen molar-refractivity contribution in [1.82, 2.24) is 20.2 Å². The van der Waals surface area contributed by atoms with Crippen LogP contribution in [0.2, 0.25) is 0 Å². The van der Waals surface area contributed by atoms with E-state index in [4.69, 9.17) is 4.74 Å². The molecule has 1 heterocycles. The van der Waals surface area contributed by atoms with E-state index in [1.54, 1.807) is 4.68 Å². The van der Waals surface area contributed by atoms with Gasteiger partial charge in [0.25, 0.3) is 0 Å². The van der Waals surface area contributed by atoms with Crippen molar-refractivity contribution in [2.24, 2.45) is 0 Å². The van der Waals surface area contributed by atoms with Crippen molar-refractivity contribution in [3.05, 3.63) is 58.7 Å². The fourth-order valence-corrected chi connectivity index (χ4v) is 3.46. The normalized spacial score (nSPS) is 12.2. The molecule has 0 fully saturated rings. The minimum Gasteiger partial charge on any atom is -0.490 e. The molecule has 0 aliphatic rings. The van der Waals surface area contributed by atoms with Crippen LogP contribution >= 0.6 is 11.8 Å². The first-order valence-corrected chi connectivity index (χ1v) is 9.80. The van der Waals surface area contributed by atoms with Crippen molar-refractivity contribution in [2.75, 3.05) is 12.4 Å². The third-order valence-electron chi connectivity index (χ3n) is 4.42. The number of thioether (sulfide) groups is 1. The number of hydrogen-bond donors (Lipinski definition) is 1. The maximum atomic E-state index is 10.3. The number of tetrazole rings is 1. The molecule has 3 rings (SSSR count). The van der Waals surface area contributed by atoms with E-state index in [2.05, 4.69) is 28.5 Å². The summed E-state index contributed by atoms with van der Waals surface area (Å²) in [6.45, 7) is 8.36. The monoisotopic (exact) mass is 384 g/mol. The Labute approximate surface area is 163 Å². The zero-order chi connectivity index (χ0) is 19.4. The van der Waals surface area contributed by atoms with Crippen LogP contribution in [0.15, 0.2) is 41.6 Å². The number of benzene rings is 2. The average molecular weight is 385 g/mol. The number of aromatic nitrogens is 4. The zero-order valence-corrected chi connectivity index (χ0v) is 16.8. The molecule has 0 aliphatic heterocycles. The van der Waals surface area contributed by atoms with Gasteiger partial charge in [0.05, 0.1) is 11.8 Å². The Morgan fingerprint density at radius 1 is 1.04 bits per heavy atom. The van der Waals surface area contributed by atoms with Gasteiger partial charge in [-0.25, -0.2) is 0 Å². The van der Waals surface area contributed by atoms with Gasteiger partial charge in [-0.15, -0.1) is 5.10 Å². The lowest BCUT2D eigenvalue weighted by atomic mass is 10.1. The number of aliphatic hydroxyl groups is 1. The van der Waals surface area contributed by atoms with E-state index < -0.39 is 6.10 Å². The molecule has 1 aromatic heterocycles. The standard InChI is InChI=1S/C20H24N4O2S/c1-13-5-9-17(10-6-13)24-20(21-22-23-24)27-12-18(25)11-26-19-15(3)8-7-14(2)16(19)4/h5-10,18,25H,11-12H2,1-4H3/t18-/m0/s1. The van der Waals surface area contributed by atoms with Crippen LogP contribution in [0.4, 0.5) is 0 Å². The SMILES string of the molecule is Cc1ccc(-n2nnnc2SC[C@@H](O)COc2c(C)ccc(C)c2C)cc1. The summed E-state index contributed by atoms with van der Waals surface area (Å²) in [5.74, 6) is 1.29. The van der Waals surface area contributed by atoms with E-state index in [-0.39, 0.29) is 6.61 Å². The molecule has 0 unspecified atom stereocenters. The third-order valence-corrected chi connectivity index (χ3v) is 5.48. The van der Waals surface area contributed by atoms with E-state index in [0.717, 1.165) is 22.6 Å². The van der Waals surface area contributed by atoms with Gasteiger partial charge < -0.3 is 9.84 Å². The van der Waals surface area contributed by atoms with E-state index in [0.29, 0.717) is 10.9 Å². The van der Waals surface area contributed by atoms with Crippen LogP contribution in [0.5, 0.6) is 5.75 Å². The van der Waals surface area contributed by atoms with Crippen molar-refractivity contribution in [2.45, 2.75) is 39.0 Å². The van der Waals surface area contributed by atoms with Crippen LogP contribution in [-0.4, -0.2) is 43.8 Å². The molecular formula is C20H24N4O2S. The molecule has 2 aromatic carbocycles. The predicted octanol–water partition coefficient (Wildman–Crippen LogP) is 3.43. The van der Waals surface area contributed by atoms with Gasteiger partial charge >= 0.3 is 0 Å². The lowest BCUT2D eigenvalue weighted by molar-refractivity contribution is 0.125. The van der Waals surface area contributed by atoms with Crippen LogP contribution in [-0.2, 0) is 0 Å². The van der Waals surface area contributed by atoms with Gasteiger partial charge in [0.1, 0.15) is 12.4 Å². The summed E-state index contributed by atoms with van der Waals surface area (Å²) < 4.78 is 7.56. The van der Waals surface area contributed by atoms with Gasteiger partial charge in [-0.05, 0) is 66.9 Å². The fourth-order valence-electron chi connectivity index (χ4n) is 2.66. The maximum Gasteiger partial charge on any atom is 0.214 e. The number of aliphatic hydroxyl groups excluding tert-OH is 1. The Hall–Kier alpha value is -2.38. The third kappa shape index (κ3) is 4.67. The molecule has 6 nitrogen and oxygen atoms in total. The highest BCUT2D eigenvalue weighted by atomic mass is 32.2. The van der Waals surface area contributed by atoms with E-state index in [9.17, 15) is 5.11 Å². The number of hydrogen-bond acceptors (Lipinski definition) is 6. The molecule has 0 saturated carbocycles. The van der Waals surface area contributed by atoms with Gasteiger partial charge in [-0.3, -0.25) is 0 Å². The molecule has 0 radical (unpaired) electrons. The second-order valence-electron chi connectivity index (χ2n) is 6.64. The molecule has 1 atom stereocenters. The molecule has 3 aromatic rings. The quantitative estimate of drug-likeness (QED) is 0.629. The van der Waals surface area contributed by atoms with E-state index in [1.807, 2.05) is 51.1 Å². The molecule has 0 amide bonds. The van der Waals surface area contributed by atoms with Crippen molar-refractivity contribution >= 4 is 11.8 Å². The lowest BCUT2D eigenvalue weighted by Crippen LogP contribution is -2.21. The lowest BCUT2D eigenvalue weighted by Gasteiger charge is -2.16. The van der Waals surface area contributed by atoms with Gasteiger partial charge in [0.2, 0.25) is 5.16 Å². The summed E-state index contributed by atoms with van der Waals surface area (Å²) in [6, 6.07) is 12.1. The van der Waals surface area contributed by atoms with Gasteiger partial charge in [0, 0.05) is 5.75 Å². The molecule has 1 N–H and O–H groups in total. The number of nitrogens with zero attached hydrogens (tertiary/aromatic N) is 4. The molecular weight excluding hydrogens is 360 g/mol. The first-order valence-electron chi connectivity index (χ1n) is 8.81. The topological polar surface area (TPSA) is 73.1 Å². The number of aryl methyl sites for hydroxylation is 3. The minimum absolute atomic E-state index is 0.226. The largest absolute Gasteiger partial charge is 0.490 e. The Morgan fingerprint density at radius 2 is 1.74 bits per heavy atom. The summed E-state index contributed by atoms with van der Waals surface area (Å²) in [5, 5.41) is 22.8. The predicted molar refractivity (Wildman–Crippen MR) is 107 cm³/mol. The first kappa shape index (κ1) is 19.4. The summed E-state index contributed by atoms with van der Waals surface area (Å²) in [4.78, 5) is 0. The summed E-state index contributed by atoms with van der Waals surface area (Å²) in [6.07, 6.45) is -0.627. The zero-order valence-electron chi connectivity index (χ0n) is 16.0. The Bertz CT molecular complexity index is 909. The highest BCUT2D eigenvalue weighted by molar-refractivity contribution is 7.99. The Morgan fingerprint density at radius 3 is 2.48 bits per heavy atom. The molecule has 0 aliphatic carbocycles. The fraction of sp³-hybridized carbons (Fsp3) is 0.350. The van der Waals surface area contributed by atoms with Crippen molar-refractivity contribution in [3.8, 4) is 11.4 Å². The molecule has 0 saturated heterocycles. The Balaban J connectivity index is 1.59. The molecule has 0 bridgehead atoms. The van der Waals surface area contributed by atoms with Crippen LogP contribution < -0.4 is 4.74 Å². The molecule has 142 valence electrons. The second kappa shape index (κ2) is 8.54. The van der Waals surface area contributed by atoms with Crippen molar-refractivity contribution in [1.29, 1.82) is 0 Å². The first-order chi connectivity index (χ1) is 13.0. The van der Waals surface area contributed by atoms with Crippen LogP contribution in [0.3, 0.4) is 0 Å². The van der Waals surface area contributed by atoms with Crippen LogP contribution in [0, 0.1) is 27.7 Å². The van der Waals surface area contributed by atoms with Gasteiger partial charge in [-0.1, -0.05) is 41.6 Å². The van der Waals surface area contributed by atoms with E-state index in [1.165, 1.54) is 22.9 Å². The smallest absolute Gasteiger partial charge is 0.214 e. The summed E-state index contributed by atoms with van der Waals surface area (Å²) >= 11 is 1.40. The molecule has 0 spiro atoms. The maximum absolute atomic E-state index is 10.3. The second-order valence-corrected chi connectivity index (χ2v) is 7.63. The summed E-state index contributed by atoms with van der Waals surface area (Å²) in [5.41, 5.74) is 5.43. The summed E-state index contributed by atoms with van der Waals surface area (Å²) in [7, 11) is 0. The van der Waals surface area contributed by atoms with Crippen LogP contribution in [0.1, 0.15) is 22.3 Å². The molecule has 7 heteroatoms. The van der Waals surface area contributed by atoms with Crippen molar-refractivity contribution < 1.29 is 9.84 Å². The molecule has 27 heavy (non-hydrogen) atoms. The highest BCUT2D eigenvalue weighted by Crippen LogP contribution is 2.26. The highest BCUT2D eigenvalue weighted by Gasteiger charge is 2.14. The van der Waals surface area contributed by atoms with E-state index >= 15 is 0 Å². The number of ether oxygens (including phenoxy) is 1. The average Bonchev–Trinajstić information content (AvgIpc) is 3.12.